The predicted octanol–water partition coefficient (Wildman–Crippen LogP) is 3.66. The Morgan fingerprint density at radius 3 is 2.39 bits per heavy atom. The highest BCUT2D eigenvalue weighted by Crippen LogP contribution is 2.32. The van der Waals surface area contributed by atoms with Crippen LogP contribution in [0.4, 0.5) is 13.2 Å². The lowest BCUT2D eigenvalue weighted by Gasteiger charge is -2.37. The minimum absolute atomic E-state index is 0.0668. The lowest BCUT2D eigenvalue weighted by atomic mass is 9.84. The molecule has 1 rings (SSSR count). The van der Waals surface area contributed by atoms with E-state index < -0.39 is 12.6 Å². The molecule has 5 heteroatoms. The Hall–Kier alpha value is -0.290. The molecule has 0 heterocycles. The zero-order chi connectivity index (χ0) is 13.5. The van der Waals surface area contributed by atoms with E-state index in [1.54, 1.807) is 0 Å². The van der Waals surface area contributed by atoms with Crippen molar-refractivity contribution in [3.05, 3.63) is 0 Å². The van der Waals surface area contributed by atoms with Crippen LogP contribution < -0.4 is 5.32 Å². The summed E-state index contributed by atoms with van der Waals surface area (Å²) in [4.78, 5) is 0. The highest BCUT2D eigenvalue weighted by molar-refractivity contribution is 4.86. The first-order valence-corrected chi connectivity index (χ1v) is 6.89. The largest absolute Gasteiger partial charge is 0.389 e. The van der Waals surface area contributed by atoms with E-state index in [9.17, 15) is 13.2 Å². The summed E-state index contributed by atoms with van der Waals surface area (Å²) in [5.41, 5.74) is -0.222. The molecule has 2 nitrogen and oxygen atoms in total. The molecule has 18 heavy (non-hydrogen) atoms. The number of hydrogen-bond acceptors (Lipinski definition) is 2. The fourth-order valence-corrected chi connectivity index (χ4v) is 2.48. The highest BCUT2D eigenvalue weighted by Gasteiger charge is 2.33. The van der Waals surface area contributed by atoms with E-state index in [1.165, 1.54) is 6.42 Å². The van der Waals surface area contributed by atoms with E-state index in [0.717, 1.165) is 38.8 Å². The zero-order valence-corrected chi connectivity index (χ0v) is 11.1. The standard InChI is InChI=1S/C13H24F3NO/c1-2-17-11-12(7-4-3-5-8-12)18-10-6-9-13(14,15)16/h17H,2-11H2,1H3. The van der Waals surface area contributed by atoms with Crippen LogP contribution in [0.3, 0.4) is 0 Å². The molecular weight excluding hydrogens is 243 g/mol. The maximum Gasteiger partial charge on any atom is 0.389 e. The van der Waals surface area contributed by atoms with Crippen LogP contribution in [0.1, 0.15) is 51.9 Å². The molecule has 0 spiro atoms. The number of ether oxygens (including phenoxy) is 1. The van der Waals surface area contributed by atoms with Gasteiger partial charge in [0.05, 0.1) is 5.60 Å². The van der Waals surface area contributed by atoms with E-state index in [4.69, 9.17) is 4.74 Å². The molecule has 0 bridgehead atoms. The third-order valence-electron chi connectivity index (χ3n) is 3.47. The zero-order valence-electron chi connectivity index (χ0n) is 11.1. The second-order valence-corrected chi connectivity index (χ2v) is 5.09. The van der Waals surface area contributed by atoms with Gasteiger partial charge >= 0.3 is 6.18 Å². The molecule has 0 atom stereocenters. The molecule has 0 radical (unpaired) electrons. The van der Waals surface area contributed by atoms with Crippen molar-refractivity contribution < 1.29 is 17.9 Å². The molecule has 0 unspecified atom stereocenters. The molecule has 0 amide bonds. The SMILES string of the molecule is CCNCC1(OCCCC(F)(F)F)CCCCC1. The first-order chi connectivity index (χ1) is 8.47. The van der Waals surface area contributed by atoms with Crippen molar-refractivity contribution in [1.82, 2.24) is 5.32 Å². The summed E-state index contributed by atoms with van der Waals surface area (Å²) in [6, 6.07) is 0. The Morgan fingerprint density at radius 1 is 1.17 bits per heavy atom. The first kappa shape index (κ1) is 15.8. The maximum atomic E-state index is 12.1. The Morgan fingerprint density at radius 2 is 1.83 bits per heavy atom. The second kappa shape index (κ2) is 7.34. The number of halogens is 3. The maximum absolute atomic E-state index is 12.1. The molecule has 1 N–H and O–H groups in total. The van der Waals surface area contributed by atoms with Gasteiger partial charge in [-0.1, -0.05) is 26.2 Å². The van der Waals surface area contributed by atoms with E-state index in [1.807, 2.05) is 6.92 Å². The van der Waals surface area contributed by atoms with E-state index in [0.29, 0.717) is 0 Å². The van der Waals surface area contributed by atoms with Gasteiger partial charge < -0.3 is 10.1 Å². The van der Waals surface area contributed by atoms with Crippen LogP contribution in [0.15, 0.2) is 0 Å². The summed E-state index contributed by atoms with van der Waals surface area (Å²) < 4.78 is 42.0. The van der Waals surface area contributed by atoms with Gasteiger partial charge in [0.15, 0.2) is 0 Å². The summed E-state index contributed by atoms with van der Waals surface area (Å²) in [5.74, 6) is 0. The van der Waals surface area contributed by atoms with Gasteiger partial charge in [-0.05, 0) is 25.8 Å². The summed E-state index contributed by atoms with van der Waals surface area (Å²) in [7, 11) is 0. The van der Waals surface area contributed by atoms with Gasteiger partial charge in [0.25, 0.3) is 0 Å². The number of hydrogen-bond donors (Lipinski definition) is 1. The lowest BCUT2D eigenvalue weighted by Crippen LogP contribution is -2.45. The fourth-order valence-electron chi connectivity index (χ4n) is 2.48. The van der Waals surface area contributed by atoms with E-state index >= 15 is 0 Å². The van der Waals surface area contributed by atoms with Crippen LogP contribution >= 0.6 is 0 Å². The monoisotopic (exact) mass is 267 g/mol. The van der Waals surface area contributed by atoms with Gasteiger partial charge in [0.2, 0.25) is 0 Å². The van der Waals surface area contributed by atoms with Crippen LogP contribution in [0.25, 0.3) is 0 Å². The number of nitrogens with one attached hydrogen (secondary N) is 1. The molecular formula is C13H24F3NO. The summed E-state index contributed by atoms with van der Waals surface area (Å²) >= 11 is 0. The molecule has 0 aromatic heterocycles. The van der Waals surface area contributed by atoms with Gasteiger partial charge in [0, 0.05) is 19.6 Å². The van der Waals surface area contributed by atoms with E-state index in [2.05, 4.69) is 5.32 Å². The van der Waals surface area contributed by atoms with Crippen LogP contribution in [0, 0.1) is 0 Å². The summed E-state index contributed by atoms with van der Waals surface area (Å²) in [6.45, 7) is 3.87. The molecule has 1 saturated carbocycles. The molecule has 1 aliphatic carbocycles. The summed E-state index contributed by atoms with van der Waals surface area (Å²) in [6.07, 6.45) is 0.625. The topological polar surface area (TPSA) is 21.3 Å². The third kappa shape index (κ3) is 6.05. The molecule has 0 aliphatic heterocycles. The second-order valence-electron chi connectivity index (χ2n) is 5.09. The minimum atomic E-state index is -4.06. The predicted molar refractivity (Wildman–Crippen MR) is 65.6 cm³/mol. The van der Waals surface area contributed by atoms with Crippen molar-refractivity contribution >= 4 is 0 Å². The Bertz CT molecular complexity index is 225. The van der Waals surface area contributed by atoms with Gasteiger partial charge in [0.1, 0.15) is 0 Å². The lowest BCUT2D eigenvalue weighted by molar-refractivity contribution is -0.143. The quantitative estimate of drug-likeness (QED) is 0.711. The molecule has 0 aromatic carbocycles. The Balaban J connectivity index is 2.32. The van der Waals surface area contributed by atoms with E-state index in [-0.39, 0.29) is 18.6 Å². The third-order valence-corrected chi connectivity index (χ3v) is 3.47. The van der Waals surface area contributed by atoms with Crippen LogP contribution in [0.5, 0.6) is 0 Å². The van der Waals surface area contributed by atoms with Crippen LogP contribution in [-0.4, -0.2) is 31.5 Å². The van der Waals surface area contributed by atoms with Crippen molar-refractivity contribution in [2.24, 2.45) is 0 Å². The highest BCUT2D eigenvalue weighted by atomic mass is 19.4. The molecule has 1 aliphatic rings. The smallest absolute Gasteiger partial charge is 0.374 e. The van der Waals surface area contributed by atoms with Gasteiger partial charge in [-0.2, -0.15) is 13.2 Å². The first-order valence-electron chi connectivity index (χ1n) is 6.89. The fraction of sp³-hybridized carbons (Fsp3) is 1.00. The van der Waals surface area contributed by atoms with Crippen molar-refractivity contribution in [3.63, 3.8) is 0 Å². The molecule has 0 saturated heterocycles. The van der Waals surface area contributed by atoms with Crippen molar-refractivity contribution in [3.8, 4) is 0 Å². The molecule has 108 valence electrons. The number of alkyl halides is 3. The van der Waals surface area contributed by atoms with Gasteiger partial charge in [-0.15, -0.1) is 0 Å². The van der Waals surface area contributed by atoms with Gasteiger partial charge in [-0.25, -0.2) is 0 Å². The normalized spacial score (nSPS) is 20.0. The Labute approximate surface area is 107 Å². The van der Waals surface area contributed by atoms with Crippen molar-refractivity contribution in [2.75, 3.05) is 19.7 Å². The van der Waals surface area contributed by atoms with Crippen LogP contribution in [-0.2, 0) is 4.74 Å². The van der Waals surface area contributed by atoms with Gasteiger partial charge in [-0.3, -0.25) is 0 Å². The van der Waals surface area contributed by atoms with Crippen molar-refractivity contribution in [2.45, 2.75) is 63.6 Å². The average Bonchev–Trinajstić information content (AvgIpc) is 2.33. The number of likely N-dealkylation sites (N-methyl/N-ethyl adjacent to an activating group) is 1. The molecule has 0 aromatic rings. The van der Waals surface area contributed by atoms with Crippen molar-refractivity contribution in [1.29, 1.82) is 0 Å². The average molecular weight is 267 g/mol. The Kier molecular flexibility index (Phi) is 6.43. The van der Waals surface area contributed by atoms with Crippen LogP contribution in [0.2, 0.25) is 0 Å². The summed E-state index contributed by atoms with van der Waals surface area (Å²) in [5, 5.41) is 3.27. The molecule has 1 fully saturated rings. The minimum Gasteiger partial charge on any atom is -0.374 e. The number of rotatable bonds is 7.